The van der Waals surface area contributed by atoms with Gasteiger partial charge < -0.3 is 0 Å². The molecule has 0 amide bonds. The summed E-state index contributed by atoms with van der Waals surface area (Å²) in [6.45, 7) is 4.52. The minimum absolute atomic E-state index is 0.0268. The van der Waals surface area contributed by atoms with E-state index in [1.54, 1.807) is 5.56 Å². The molecule has 3 rings (SSSR count). The number of unbranched alkanes of at least 4 members (excludes halogenated alkanes) is 2. The van der Waals surface area contributed by atoms with Crippen LogP contribution in [0.2, 0.25) is 0 Å². The van der Waals surface area contributed by atoms with E-state index in [-0.39, 0.29) is 5.41 Å². The molecule has 0 radical (unpaired) electrons. The average molecular weight is 380 g/mol. The zero-order chi connectivity index (χ0) is 19.8. The molecule has 2 aliphatic rings. The maximum Gasteiger partial charge on any atom is 0.0689 e. The zero-order valence-electron chi connectivity index (χ0n) is 18.4. The van der Waals surface area contributed by atoms with Crippen LogP contribution in [0.5, 0.6) is 0 Å². The zero-order valence-corrected chi connectivity index (χ0v) is 18.4. The van der Waals surface area contributed by atoms with Crippen molar-refractivity contribution in [3.05, 3.63) is 35.4 Å². The normalized spacial score (nSPS) is 30.7. The van der Waals surface area contributed by atoms with E-state index in [1.165, 1.54) is 69.8 Å². The Labute approximate surface area is 173 Å². The Bertz CT molecular complexity index is 607. The fraction of sp³-hybridized carbons (Fsp3) is 0.741. The Morgan fingerprint density at radius 2 is 1.39 bits per heavy atom. The molecule has 1 heteroatoms. The SMILES string of the molecule is CCCCCC1CCC(c2ccc(C3CCC(C#N)(CCC)CC3)cc2)CC1. The van der Waals surface area contributed by atoms with Crippen LogP contribution in [0.4, 0.5) is 0 Å². The van der Waals surface area contributed by atoms with E-state index in [2.05, 4.69) is 44.2 Å². The summed E-state index contributed by atoms with van der Waals surface area (Å²) in [6.07, 6.45) is 18.1. The Balaban J connectivity index is 1.49. The third-order valence-electron chi connectivity index (χ3n) is 7.85. The van der Waals surface area contributed by atoms with Crippen LogP contribution in [0.3, 0.4) is 0 Å². The molecule has 0 atom stereocenters. The lowest BCUT2D eigenvalue weighted by atomic mass is 9.67. The Morgan fingerprint density at radius 1 is 0.821 bits per heavy atom. The van der Waals surface area contributed by atoms with E-state index in [4.69, 9.17) is 0 Å². The molecule has 0 aliphatic heterocycles. The van der Waals surface area contributed by atoms with Gasteiger partial charge in [-0.2, -0.15) is 5.26 Å². The lowest BCUT2D eigenvalue weighted by molar-refractivity contribution is 0.228. The molecule has 0 N–H and O–H groups in total. The van der Waals surface area contributed by atoms with Crippen molar-refractivity contribution >= 4 is 0 Å². The molecule has 0 saturated heterocycles. The molecule has 28 heavy (non-hydrogen) atoms. The van der Waals surface area contributed by atoms with Crippen molar-refractivity contribution in [3.63, 3.8) is 0 Å². The molecule has 1 nitrogen and oxygen atoms in total. The Kier molecular flexibility index (Phi) is 8.01. The summed E-state index contributed by atoms with van der Waals surface area (Å²) < 4.78 is 0. The van der Waals surface area contributed by atoms with Crippen LogP contribution in [0.25, 0.3) is 0 Å². The predicted molar refractivity (Wildman–Crippen MR) is 119 cm³/mol. The number of benzene rings is 1. The monoisotopic (exact) mass is 379 g/mol. The lowest BCUT2D eigenvalue weighted by Crippen LogP contribution is -2.25. The van der Waals surface area contributed by atoms with Crippen LogP contribution in [0.15, 0.2) is 24.3 Å². The van der Waals surface area contributed by atoms with E-state index in [0.717, 1.165) is 37.5 Å². The number of hydrogen-bond donors (Lipinski definition) is 0. The van der Waals surface area contributed by atoms with Crippen LogP contribution in [0.1, 0.15) is 127 Å². The third kappa shape index (κ3) is 5.40. The number of hydrogen-bond acceptors (Lipinski definition) is 1. The predicted octanol–water partition coefficient (Wildman–Crippen LogP) is 8.51. The van der Waals surface area contributed by atoms with Crippen LogP contribution in [0, 0.1) is 22.7 Å². The largest absolute Gasteiger partial charge is 0.198 e. The topological polar surface area (TPSA) is 23.8 Å². The van der Waals surface area contributed by atoms with Crippen molar-refractivity contribution in [1.82, 2.24) is 0 Å². The van der Waals surface area contributed by atoms with Gasteiger partial charge >= 0.3 is 0 Å². The number of nitriles is 1. The summed E-state index contributed by atoms with van der Waals surface area (Å²) in [5, 5.41) is 9.64. The molecule has 2 fully saturated rings. The second-order valence-corrected chi connectivity index (χ2v) is 9.80. The smallest absolute Gasteiger partial charge is 0.0689 e. The summed E-state index contributed by atoms with van der Waals surface area (Å²) in [5.41, 5.74) is 3.06. The summed E-state index contributed by atoms with van der Waals surface area (Å²) in [7, 11) is 0. The van der Waals surface area contributed by atoms with Crippen molar-refractivity contribution in [3.8, 4) is 6.07 Å². The van der Waals surface area contributed by atoms with E-state index in [1.807, 2.05) is 0 Å². The first-order valence-corrected chi connectivity index (χ1v) is 12.2. The van der Waals surface area contributed by atoms with Gasteiger partial charge in [-0.1, -0.05) is 70.2 Å². The van der Waals surface area contributed by atoms with Crippen molar-refractivity contribution in [1.29, 1.82) is 5.26 Å². The van der Waals surface area contributed by atoms with Crippen LogP contribution in [-0.2, 0) is 0 Å². The first-order valence-electron chi connectivity index (χ1n) is 12.2. The molecule has 2 saturated carbocycles. The Hall–Kier alpha value is -1.29. The van der Waals surface area contributed by atoms with Gasteiger partial charge in [-0.05, 0) is 86.7 Å². The van der Waals surface area contributed by atoms with E-state index in [9.17, 15) is 5.26 Å². The molecule has 154 valence electrons. The standard InChI is InChI=1S/C27H41N/c1-3-5-6-7-22-8-10-23(11-9-22)24-12-14-25(15-13-24)26-16-19-27(21-28,18-4-2)20-17-26/h12-15,22-23,26H,3-11,16-20H2,1-2H3. The third-order valence-corrected chi connectivity index (χ3v) is 7.85. The van der Waals surface area contributed by atoms with Gasteiger partial charge in [0.2, 0.25) is 0 Å². The van der Waals surface area contributed by atoms with Gasteiger partial charge in [-0.3, -0.25) is 0 Å². The summed E-state index contributed by atoms with van der Waals surface area (Å²) in [5.74, 6) is 2.45. The van der Waals surface area contributed by atoms with E-state index in [0.29, 0.717) is 5.92 Å². The summed E-state index contributed by atoms with van der Waals surface area (Å²) in [6, 6.07) is 12.3. The van der Waals surface area contributed by atoms with Gasteiger partial charge in [0.05, 0.1) is 11.5 Å². The molecule has 2 aliphatic carbocycles. The van der Waals surface area contributed by atoms with Gasteiger partial charge in [0.25, 0.3) is 0 Å². The highest BCUT2D eigenvalue weighted by Gasteiger charge is 2.35. The first kappa shape index (κ1) is 21.4. The molecule has 0 unspecified atom stereocenters. The average Bonchev–Trinajstić information content (AvgIpc) is 2.75. The highest BCUT2D eigenvalue weighted by Crippen LogP contribution is 2.45. The Morgan fingerprint density at radius 3 is 1.89 bits per heavy atom. The lowest BCUT2D eigenvalue weighted by Gasteiger charge is -2.35. The maximum atomic E-state index is 9.64. The van der Waals surface area contributed by atoms with Crippen LogP contribution < -0.4 is 0 Å². The molecule has 0 heterocycles. The van der Waals surface area contributed by atoms with Crippen LogP contribution in [-0.4, -0.2) is 0 Å². The molecule has 1 aromatic carbocycles. The van der Waals surface area contributed by atoms with Crippen molar-refractivity contribution in [2.75, 3.05) is 0 Å². The molecule has 0 aromatic heterocycles. The minimum atomic E-state index is -0.0268. The van der Waals surface area contributed by atoms with Gasteiger partial charge in [0.1, 0.15) is 0 Å². The van der Waals surface area contributed by atoms with Crippen molar-refractivity contribution in [2.45, 2.75) is 116 Å². The van der Waals surface area contributed by atoms with Gasteiger partial charge in [0, 0.05) is 0 Å². The quantitative estimate of drug-likeness (QED) is 0.415. The molecular weight excluding hydrogens is 338 g/mol. The minimum Gasteiger partial charge on any atom is -0.198 e. The first-order chi connectivity index (χ1) is 13.7. The van der Waals surface area contributed by atoms with E-state index >= 15 is 0 Å². The van der Waals surface area contributed by atoms with Gasteiger partial charge in [0.15, 0.2) is 0 Å². The van der Waals surface area contributed by atoms with E-state index < -0.39 is 0 Å². The molecule has 0 bridgehead atoms. The van der Waals surface area contributed by atoms with Gasteiger partial charge in [-0.25, -0.2) is 0 Å². The fourth-order valence-corrected chi connectivity index (χ4v) is 5.91. The number of rotatable bonds is 8. The highest BCUT2D eigenvalue weighted by molar-refractivity contribution is 5.29. The number of nitrogens with zero attached hydrogens (tertiary/aromatic N) is 1. The summed E-state index contributed by atoms with van der Waals surface area (Å²) >= 11 is 0. The highest BCUT2D eigenvalue weighted by atomic mass is 14.4. The van der Waals surface area contributed by atoms with Crippen molar-refractivity contribution < 1.29 is 0 Å². The second kappa shape index (κ2) is 10.5. The fourth-order valence-electron chi connectivity index (χ4n) is 5.91. The molecular formula is C27H41N. The van der Waals surface area contributed by atoms with Gasteiger partial charge in [-0.15, -0.1) is 0 Å². The molecule has 1 aromatic rings. The summed E-state index contributed by atoms with van der Waals surface area (Å²) in [4.78, 5) is 0. The van der Waals surface area contributed by atoms with Crippen molar-refractivity contribution in [2.24, 2.45) is 11.3 Å². The maximum absolute atomic E-state index is 9.64. The molecule has 0 spiro atoms. The second-order valence-electron chi connectivity index (χ2n) is 9.80. The van der Waals surface area contributed by atoms with Crippen LogP contribution >= 0.6 is 0 Å².